The van der Waals surface area contributed by atoms with Gasteiger partial charge in [-0.3, -0.25) is 0 Å². The average molecular weight is 367 g/mol. The Morgan fingerprint density at radius 2 is 1.70 bits per heavy atom. The molecule has 0 fully saturated rings. The zero-order valence-electron chi connectivity index (χ0n) is 15.9. The lowest BCUT2D eigenvalue weighted by molar-refractivity contribution is -0.928. The van der Waals surface area contributed by atoms with Crippen molar-refractivity contribution >= 4 is 0 Å². The summed E-state index contributed by atoms with van der Waals surface area (Å²) >= 11 is 0. The number of ether oxygens (including phenoxy) is 1. The quantitative estimate of drug-likeness (QED) is 0.545. The summed E-state index contributed by atoms with van der Waals surface area (Å²) in [4.78, 5) is 1.48. The van der Waals surface area contributed by atoms with E-state index in [1.54, 1.807) is 13.2 Å². The van der Waals surface area contributed by atoms with E-state index in [2.05, 4.69) is 34.9 Å². The second kappa shape index (κ2) is 10.0. The fraction of sp³-hybridized carbons (Fsp3) is 0.304. The molecule has 1 unspecified atom stereocenters. The van der Waals surface area contributed by atoms with Crippen molar-refractivity contribution < 1.29 is 14.0 Å². The lowest BCUT2D eigenvalue weighted by Crippen LogP contribution is -3.09. The molecule has 1 atom stereocenters. The smallest absolute Gasteiger partial charge is 0.128 e. The molecule has 0 bridgehead atoms. The lowest BCUT2D eigenvalue weighted by Gasteiger charge is -2.21. The number of rotatable bonds is 10. The van der Waals surface area contributed by atoms with Crippen molar-refractivity contribution in [3.8, 4) is 0 Å². The van der Waals surface area contributed by atoms with Gasteiger partial charge >= 0.3 is 0 Å². The van der Waals surface area contributed by atoms with E-state index in [1.807, 2.05) is 30.5 Å². The van der Waals surface area contributed by atoms with Gasteiger partial charge in [-0.05, 0) is 18.2 Å². The van der Waals surface area contributed by atoms with E-state index in [0.29, 0.717) is 6.54 Å². The summed E-state index contributed by atoms with van der Waals surface area (Å²) in [6, 6.07) is 21.8. The molecule has 0 amide bonds. The Kier molecular flexibility index (Phi) is 7.19. The maximum absolute atomic E-state index is 14.0. The van der Waals surface area contributed by atoms with Crippen LogP contribution in [0.5, 0.6) is 0 Å². The molecule has 0 saturated carbocycles. The van der Waals surface area contributed by atoms with E-state index >= 15 is 0 Å². The van der Waals surface area contributed by atoms with Gasteiger partial charge in [-0.2, -0.15) is 0 Å². The first-order chi connectivity index (χ1) is 13.3. The van der Waals surface area contributed by atoms with Gasteiger partial charge in [0.05, 0.1) is 25.4 Å². The number of aromatic nitrogens is 1. The molecular formula is C23H28FN2O+. The molecule has 3 nitrogen and oxygen atoms in total. The first-order valence-electron chi connectivity index (χ1n) is 9.50. The van der Waals surface area contributed by atoms with E-state index in [9.17, 15) is 4.39 Å². The maximum Gasteiger partial charge on any atom is 0.128 e. The van der Waals surface area contributed by atoms with Gasteiger partial charge in [-0.1, -0.05) is 48.5 Å². The van der Waals surface area contributed by atoms with Crippen LogP contribution in [0.25, 0.3) is 0 Å². The van der Waals surface area contributed by atoms with Gasteiger partial charge in [0, 0.05) is 30.9 Å². The molecule has 27 heavy (non-hydrogen) atoms. The van der Waals surface area contributed by atoms with E-state index in [4.69, 9.17) is 4.74 Å². The second-order valence-electron chi connectivity index (χ2n) is 6.90. The van der Waals surface area contributed by atoms with Crippen molar-refractivity contribution in [1.29, 1.82) is 0 Å². The molecule has 0 saturated heterocycles. The van der Waals surface area contributed by atoms with E-state index in [0.717, 1.165) is 38.2 Å². The van der Waals surface area contributed by atoms with Crippen LogP contribution in [-0.2, 0) is 24.4 Å². The van der Waals surface area contributed by atoms with Gasteiger partial charge in [-0.15, -0.1) is 0 Å². The summed E-state index contributed by atoms with van der Waals surface area (Å²) in [7, 11) is 1.75. The fourth-order valence-corrected chi connectivity index (χ4v) is 3.42. The summed E-state index contributed by atoms with van der Waals surface area (Å²) in [5.41, 5.74) is 3.28. The van der Waals surface area contributed by atoms with Crippen LogP contribution in [-0.4, -0.2) is 24.8 Å². The van der Waals surface area contributed by atoms with Crippen LogP contribution in [0.1, 0.15) is 23.2 Å². The number of nitrogens with one attached hydrogen (secondary N) is 1. The predicted molar refractivity (Wildman–Crippen MR) is 106 cm³/mol. The number of quaternary nitrogens is 1. The van der Waals surface area contributed by atoms with Crippen LogP contribution in [0, 0.1) is 5.82 Å². The molecule has 1 aromatic heterocycles. The van der Waals surface area contributed by atoms with Crippen LogP contribution in [0.4, 0.5) is 4.39 Å². The third-order valence-electron chi connectivity index (χ3n) is 4.83. The number of hydrogen-bond donors (Lipinski definition) is 1. The molecule has 0 radical (unpaired) electrons. The Labute approximate surface area is 161 Å². The Hall–Kier alpha value is -2.43. The Morgan fingerprint density at radius 1 is 0.926 bits per heavy atom. The van der Waals surface area contributed by atoms with Gasteiger partial charge < -0.3 is 14.2 Å². The van der Waals surface area contributed by atoms with E-state index in [1.165, 1.54) is 22.2 Å². The molecule has 0 aliphatic heterocycles. The number of hydrogen-bond acceptors (Lipinski definition) is 1. The molecule has 142 valence electrons. The summed E-state index contributed by atoms with van der Waals surface area (Å²) in [6.07, 6.45) is 3.06. The molecule has 1 N–H and O–H groups in total. The van der Waals surface area contributed by atoms with Crippen molar-refractivity contribution in [1.82, 2.24) is 4.57 Å². The SMILES string of the molecule is COCCC[NH+](Cc1ccccc1)Cc1cccn1Cc1ccccc1F. The highest BCUT2D eigenvalue weighted by Crippen LogP contribution is 2.11. The largest absolute Gasteiger partial charge is 0.384 e. The molecule has 1 heterocycles. The summed E-state index contributed by atoms with van der Waals surface area (Å²) in [5.74, 6) is -0.147. The molecule has 0 spiro atoms. The highest BCUT2D eigenvalue weighted by molar-refractivity contribution is 5.19. The van der Waals surface area contributed by atoms with Crippen LogP contribution in [0.2, 0.25) is 0 Å². The Morgan fingerprint density at radius 3 is 2.48 bits per heavy atom. The second-order valence-corrected chi connectivity index (χ2v) is 6.90. The van der Waals surface area contributed by atoms with E-state index in [-0.39, 0.29) is 5.82 Å². The van der Waals surface area contributed by atoms with Gasteiger partial charge in [0.25, 0.3) is 0 Å². The molecule has 0 aliphatic rings. The van der Waals surface area contributed by atoms with Crippen LogP contribution < -0.4 is 4.90 Å². The zero-order valence-corrected chi connectivity index (χ0v) is 15.9. The van der Waals surface area contributed by atoms with Gasteiger partial charge in [-0.25, -0.2) is 4.39 Å². The molecule has 4 heteroatoms. The third-order valence-corrected chi connectivity index (χ3v) is 4.83. The maximum atomic E-state index is 14.0. The lowest BCUT2D eigenvalue weighted by atomic mass is 10.2. The summed E-state index contributed by atoms with van der Waals surface area (Å²) in [5, 5.41) is 0. The molecule has 3 aromatic rings. The van der Waals surface area contributed by atoms with Crippen LogP contribution in [0.15, 0.2) is 72.9 Å². The van der Waals surface area contributed by atoms with Crippen molar-refractivity contribution in [3.05, 3.63) is 95.6 Å². The minimum Gasteiger partial charge on any atom is -0.384 e. The van der Waals surface area contributed by atoms with Crippen molar-refractivity contribution in [2.45, 2.75) is 26.1 Å². The standard InChI is InChI=1S/C23H27FN2O/c1-27-16-8-14-25(17-20-9-3-2-4-10-20)19-22-12-7-15-26(22)18-21-11-5-6-13-23(21)24/h2-7,9-13,15H,8,14,16-19H2,1H3/p+1. The van der Waals surface area contributed by atoms with Crippen molar-refractivity contribution in [2.75, 3.05) is 20.3 Å². The van der Waals surface area contributed by atoms with Gasteiger partial charge in [0.2, 0.25) is 0 Å². The fourth-order valence-electron chi connectivity index (χ4n) is 3.42. The van der Waals surface area contributed by atoms with Crippen LogP contribution in [0.3, 0.4) is 0 Å². The molecular weight excluding hydrogens is 339 g/mol. The minimum atomic E-state index is -0.147. The van der Waals surface area contributed by atoms with Crippen molar-refractivity contribution in [3.63, 3.8) is 0 Å². The monoisotopic (exact) mass is 367 g/mol. The highest BCUT2D eigenvalue weighted by atomic mass is 19.1. The number of benzene rings is 2. The average Bonchev–Trinajstić information content (AvgIpc) is 3.11. The topological polar surface area (TPSA) is 18.6 Å². The summed E-state index contributed by atoms with van der Waals surface area (Å²) < 4.78 is 21.4. The first kappa shape index (κ1) is 19.3. The zero-order chi connectivity index (χ0) is 18.9. The number of methoxy groups -OCH3 is 1. The third kappa shape index (κ3) is 5.78. The predicted octanol–water partition coefficient (Wildman–Crippen LogP) is 3.30. The summed E-state index contributed by atoms with van der Waals surface area (Å²) in [6.45, 7) is 4.24. The number of nitrogens with zero attached hydrogens (tertiary/aromatic N) is 1. The Balaban J connectivity index is 1.71. The molecule has 2 aromatic carbocycles. The van der Waals surface area contributed by atoms with Gasteiger partial charge in [0.1, 0.15) is 18.9 Å². The number of halogens is 1. The first-order valence-corrected chi connectivity index (χ1v) is 9.50. The normalized spacial score (nSPS) is 12.2. The van der Waals surface area contributed by atoms with Crippen LogP contribution >= 0.6 is 0 Å². The van der Waals surface area contributed by atoms with Crippen molar-refractivity contribution in [2.24, 2.45) is 0 Å². The molecule has 0 aliphatic carbocycles. The Bertz CT molecular complexity index is 816. The highest BCUT2D eigenvalue weighted by Gasteiger charge is 2.14. The van der Waals surface area contributed by atoms with Gasteiger partial charge in [0.15, 0.2) is 0 Å². The van der Waals surface area contributed by atoms with E-state index < -0.39 is 0 Å². The minimum absolute atomic E-state index is 0.147. The molecule has 3 rings (SSSR count).